The summed E-state index contributed by atoms with van der Waals surface area (Å²) in [6.07, 6.45) is 0. The molecule has 98 valence electrons. The predicted octanol–water partition coefficient (Wildman–Crippen LogP) is 1.70. The van der Waals surface area contributed by atoms with E-state index in [1.165, 1.54) is 0 Å². The molecule has 0 bridgehead atoms. The SMILES string of the molecule is CC1CN(C(=O)C(C)C(C)C(=O)O)CC(C)S1. The zero-order valence-corrected chi connectivity index (χ0v) is 11.7. The van der Waals surface area contributed by atoms with E-state index in [-0.39, 0.29) is 5.91 Å². The van der Waals surface area contributed by atoms with Gasteiger partial charge in [0.1, 0.15) is 0 Å². The Bertz CT molecular complexity index is 298. The number of amides is 1. The molecule has 1 amide bonds. The highest BCUT2D eigenvalue weighted by Gasteiger charge is 2.32. The first kappa shape index (κ1) is 14.4. The van der Waals surface area contributed by atoms with Crippen molar-refractivity contribution in [1.82, 2.24) is 4.90 Å². The van der Waals surface area contributed by atoms with Gasteiger partial charge in [-0.3, -0.25) is 9.59 Å². The minimum atomic E-state index is -0.904. The second kappa shape index (κ2) is 5.76. The van der Waals surface area contributed by atoms with Crippen molar-refractivity contribution in [2.45, 2.75) is 38.2 Å². The van der Waals surface area contributed by atoms with Crippen molar-refractivity contribution in [2.24, 2.45) is 11.8 Å². The van der Waals surface area contributed by atoms with Crippen LogP contribution in [0.1, 0.15) is 27.7 Å². The van der Waals surface area contributed by atoms with Crippen LogP contribution in [0, 0.1) is 11.8 Å². The first-order valence-electron chi connectivity index (χ1n) is 6.00. The van der Waals surface area contributed by atoms with Crippen LogP contribution in [0.3, 0.4) is 0 Å². The highest BCUT2D eigenvalue weighted by Crippen LogP contribution is 2.26. The summed E-state index contributed by atoms with van der Waals surface area (Å²) in [5, 5.41) is 9.78. The molecule has 0 aromatic rings. The second-order valence-corrected chi connectivity index (χ2v) is 6.80. The Labute approximate surface area is 107 Å². The lowest BCUT2D eigenvalue weighted by atomic mass is 9.94. The van der Waals surface area contributed by atoms with Crippen LogP contribution in [0.15, 0.2) is 0 Å². The molecule has 1 rings (SSSR count). The Balaban J connectivity index is 2.65. The van der Waals surface area contributed by atoms with Gasteiger partial charge in [-0.25, -0.2) is 0 Å². The van der Waals surface area contributed by atoms with Crippen molar-refractivity contribution in [3.8, 4) is 0 Å². The number of hydrogen-bond acceptors (Lipinski definition) is 3. The molecule has 0 spiro atoms. The Hall–Kier alpha value is -0.710. The van der Waals surface area contributed by atoms with Crippen molar-refractivity contribution in [1.29, 1.82) is 0 Å². The van der Waals surface area contributed by atoms with Crippen molar-refractivity contribution in [3.05, 3.63) is 0 Å². The summed E-state index contributed by atoms with van der Waals surface area (Å²) in [7, 11) is 0. The smallest absolute Gasteiger partial charge is 0.307 e. The number of thioether (sulfide) groups is 1. The van der Waals surface area contributed by atoms with Crippen LogP contribution in [-0.2, 0) is 9.59 Å². The highest BCUT2D eigenvalue weighted by atomic mass is 32.2. The molecule has 1 fully saturated rings. The molecule has 17 heavy (non-hydrogen) atoms. The van der Waals surface area contributed by atoms with E-state index in [9.17, 15) is 9.59 Å². The third-order valence-corrected chi connectivity index (χ3v) is 4.49. The van der Waals surface area contributed by atoms with Crippen LogP contribution in [0.4, 0.5) is 0 Å². The molecule has 0 radical (unpaired) electrons. The summed E-state index contributed by atoms with van der Waals surface area (Å²) in [5.74, 6) is -2.00. The molecule has 1 saturated heterocycles. The van der Waals surface area contributed by atoms with E-state index in [1.807, 2.05) is 16.7 Å². The van der Waals surface area contributed by atoms with Crippen LogP contribution in [0.5, 0.6) is 0 Å². The minimum absolute atomic E-state index is 0.0288. The maximum Gasteiger partial charge on any atom is 0.307 e. The lowest BCUT2D eigenvalue weighted by molar-refractivity contribution is -0.149. The number of carboxylic acid groups (broad SMARTS) is 1. The van der Waals surface area contributed by atoms with Gasteiger partial charge in [-0.15, -0.1) is 0 Å². The van der Waals surface area contributed by atoms with Crippen LogP contribution >= 0.6 is 11.8 Å². The van der Waals surface area contributed by atoms with Gasteiger partial charge in [0.25, 0.3) is 0 Å². The lowest BCUT2D eigenvalue weighted by Crippen LogP contribution is -2.47. The van der Waals surface area contributed by atoms with Crippen LogP contribution < -0.4 is 0 Å². The van der Waals surface area contributed by atoms with E-state index in [0.29, 0.717) is 10.5 Å². The topological polar surface area (TPSA) is 57.6 Å². The molecule has 0 saturated carbocycles. The van der Waals surface area contributed by atoms with E-state index >= 15 is 0 Å². The molecule has 0 aromatic carbocycles. The normalized spacial score (nSPS) is 28.6. The fraction of sp³-hybridized carbons (Fsp3) is 0.833. The van der Waals surface area contributed by atoms with Gasteiger partial charge in [0.15, 0.2) is 0 Å². The van der Waals surface area contributed by atoms with E-state index < -0.39 is 17.8 Å². The minimum Gasteiger partial charge on any atom is -0.481 e. The molecule has 1 aliphatic rings. The van der Waals surface area contributed by atoms with Crippen LogP contribution in [0.25, 0.3) is 0 Å². The Morgan fingerprint density at radius 3 is 2.06 bits per heavy atom. The zero-order valence-electron chi connectivity index (χ0n) is 10.8. The zero-order chi connectivity index (χ0) is 13.2. The Morgan fingerprint density at radius 1 is 1.18 bits per heavy atom. The van der Waals surface area contributed by atoms with E-state index in [1.54, 1.807) is 13.8 Å². The number of carboxylic acids is 1. The van der Waals surface area contributed by atoms with Gasteiger partial charge in [-0.2, -0.15) is 11.8 Å². The Kier molecular flexibility index (Phi) is 4.86. The third kappa shape index (κ3) is 3.63. The van der Waals surface area contributed by atoms with Crippen molar-refractivity contribution in [2.75, 3.05) is 13.1 Å². The maximum atomic E-state index is 12.2. The van der Waals surface area contributed by atoms with E-state index in [2.05, 4.69) is 13.8 Å². The molecule has 5 heteroatoms. The van der Waals surface area contributed by atoms with Crippen molar-refractivity contribution in [3.63, 3.8) is 0 Å². The quantitative estimate of drug-likeness (QED) is 0.838. The number of aliphatic carboxylic acids is 1. The summed E-state index contributed by atoms with van der Waals surface area (Å²) in [6, 6.07) is 0. The first-order valence-corrected chi connectivity index (χ1v) is 6.94. The van der Waals surface area contributed by atoms with Gasteiger partial charge >= 0.3 is 5.97 Å². The standard InChI is InChI=1S/C12H21NO3S/c1-7-5-13(6-8(2)17-7)11(14)9(3)10(4)12(15)16/h7-10H,5-6H2,1-4H3,(H,15,16). The first-order chi connectivity index (χ1) is 7.82. The van der Waals surface area contributed by atoms with Gasteiger partial charge in [-0.1, -0.05) is 27.7 Å². The van der Waals surface area contributed by atoms with E-state index in [0.717, 1.165) is 13.1 Å². The monoisotopic (exact) mass is 259 g/mol. The second-order valence-electron chi connectivity index (χ2n) is 4.92. The highest BCUT2D eigenvalue weighted by molar-refractivity contribution is 8.00. The van der Waals surface area contributed by atoms with E-state index in [4.69, 9.17) is 5.11 Å². The third-order valence-electron chi connectivity index (χ3n) is 3.26. The summed E-state index contributed by atoms with van der Waals surface area (Å²) in [4.78, 5) is 24.9. The molecular formula is C12H21NO3S. The average molecular weight is 259 g/mol. The maximum absolute atomic E-state index is 12.2. The molecule has 4 unspecified atom stereocenters. The molecule has 1 aliphatic heterocycles. The number of hydrogen-bond donors (Lipinski definition) is 1. The summed E-state index contributed by atoms with van der Waals surface area (Å²) >= 11 is 1.88. The van der Waals surface area contributed by atoms with Crippen molar-refractivity contribution < 1.29 is 14.7 Å². The lowest BCUT2D eigenvalue weighted by Gasteiger charge is -2.36. The predicted molar refractivity (Wildman–Crippen MR) is 69.1 cm³/mol. The molecule has 4 nitrogen and oxygen atoms in total. The molecular weight excluding hydrogens is 238 g/mol. The number of carbonyl (C=O) groups is 2. The number of rotatable bonds is 3. The number of carbonyl (C=O) groups excluding carboxylic acids is 1. The molecule has 0 aromatic heterocycles. The van der Waals surface area contributed by atoms with Gasteiger partial charge in [0.05, 0.1) is 5.92 Å². The molecule has 1 heterocycles. The van der Waals surface area contributed by atoms with Crippen LogP contribution in [-0.4, -0.2) is 45.5 Å². The molecule has 0 aliphatic carbocycles. The summed E-state index contributed by atoms with van der Waals surface area (Å²) in [6.45, 7) is 8.96. The Morgan fingerprint density at radius 2 is 1.65 bits per heavy atom. The largest absolute Gasteiger partial charge is 0.481 e. The summed E-state index contributed by atoms with van der Waals surface area (Å²) < 4.78 is 0. The number of nitrogens with zero attached hydrogens (tertiary/aromatic N) is 1. The van der Waals surface area contributed by atoms with Gasteiger partial charge in [-0.05, 0) is 0 Å². The molecule has 1 N–H and O–H groups in total. The fourth-order valence-corrected chi connectivity index (χ4v) is 3.40. The van der Waals surface area contributed by atoms with Gasteiger partial charge < -0.3 is 10.0 Å². The summed E-state index contributed by atoms with van der Waals surface area (Å²) in [5.41, 5.74) is 0. The van der Waals surface area contributed by atoms with Gasteiger partial charge in [0, 0.05) is 29.5 Å². The molecule has 4 atom stereocenters. The average Bonchev–Trinajstić information content (AvgIpc) is 2.24. The van der Waals surface area contributed by atoms with Gasteiger partial charge in [0.2, 0.25) is 5.91 Å². The fourth-order valence-electron chi connectivity index (χ4n) is 2.07. The van der Waals surface area contributed by atoms with Crippen LogP contribution in [0.2, 0.25) is 0 Å². The van der Waals surface area contributed by atoms with Crippen molar-refractivity contribution >= 4 is 23.6 Å².